The van der Waals surface area contributed by atoms with Crippen molar-refractivity contribution in [3.05, 3.63) is 29.8 Å². The zero-order valence-electron chi connectivity index (χ0n) is 6.26. The summed E-state index contributed by atoms with van der Waals surface area (Å²) in [6.45, 7) is 0. The highest BCUT2D eigenvalue weighted by atomic mass is 15.3. The van der Waals surface area contributed by atoms with Crippen LogP contribution in [0.5, 0.6) is 0 Å². The molecule has 0 spiro atoms. The van der Waals surface area contributed by atoms with Crippen molar-refractivity contribution >= 4 is 5.69 Å². The van der Waals surface area contributed by atoms with Gasteiger partial charge in [-0.2, -0.15) is 5.26 Å². The molecule has 3 nitrogen and oxygen atoms in total. The lowest BCUT2D eigenvalue weighted by atomic mass is 10.2. The van der Waals surface area contributed by atoms with Crippen molar-refractivity contribution in [2.24, 2.45) is 0 Å². The molecule has 56 valence electrons. The van der Waals surface area contributed by atoms with Gasteiger partial charge in [-0.15, -0.1) is 0 Å². The lowest BCUT2D eigenvalue weighted by Crippen LogP contribution is -2.14. The normalized spacial score (nSPS) is 8.73. The lowest BCUT2D eigenvalue weighted by Gasteiger charge is -2.02. The Morgan fingerprint density at radius 2 is 2.27 bits per heavy atom. The van der Waals surface area contributed by atoms with Crippen LogP contribution in [0.15, 0.2) is 24.3 Å². The second-order valence-electron chi connectivity index (χ2n) is 2.07. The van der Waals surface area contributed by atoms with Crippen LogP contribution >= 0.6 is 0 Å². The van der Waals surface area contributed by atoms with E-state index in [-0.39, 0.29) is 0 Å². The maximum atomic E-state index is 8.53. The van der Waals surface area contributed by atoms with E-state index in [1.54, 1.807) is 19.2 Å². The van der Waals surface area contributed by atoms with E-state index in [0.717, 1.165) is 5.69 Å². The third kappa shape index (κ3) is 1.95. The highest BCUT2D eigenvalue weighted by Gasteiger charge is 1.90. The van der Waals surface area contributed by atoms with Crippen molar-refractivity contribution in [2.75, 3.05) is 12.5 Å². The van der Waals surface area contributed by atoms with Crippen LogP contribution in [0.25, 0.3) is 0 Å². The minimum absolute atomic E-state index is 0.658. The Balaban J connectivity index is 2.85. The molecule has 0 saturated carbocycles. The molecule has 0 atom stereocenters. The number of nitrogens with one attached hydrogen (secondary N) is 2. The molecule has 0 aromatic heterocycles. The van der Waals surface area contributed by atoms with E-state index in [4.69, 9.17) is 5.26 Å². The first-order chi connectivity index (χ1) is 5.36. The summed E-state index contributed by atoms with van der Waals surface area (Å²) in [5.74, 6) is 0. The Labute approximate surface area is 65.6 Å². The average Bonchev–Trinajstić information content (AvgIpc) is 2.06. The van der Waals surface area contributed by atoms with Gasteiger partial charge in [-0.25, -0.2) is 5.43 Å². The van der Waals surface area contributed by atoms with Gasteiger partial charge in [0.1, 0.15) is 0 Å². The first-order valence-electron chi connectivity index (χ1n) is 3.29. The molecule has 0 unspecified atom stereocenters. The molecular weight excluding hydrogens is 138 g/mol. The highest BCUT2D eigenvalue weighted by Crippen LogP contribution is 2.07. The topological polar surface area (TPSA) is 47.8 Å². The number of benzene rings is 1. The van der Waals surface area contributed by atoms with Gasteiger partial charge in [-0.1, -0.05) is 6.07 Å². The standard InChI is InChI=1S/C8H9N3/c1-10-11-8-4-2-3-7(5-8)6-9/h2-5,10-11H,1H3. The summed E-state index contributed by atoms with van der Waals surface area (Å²) in [6, 6.07) is 9.31. The van der Waals surface area contributed by atoms with Gasteiger partial charge in [-0.3, -0.25) is 0 Å². The number of anilines is 1. The van der Waals surface area contributed by atoms with Gasteiger partial charge in [0.05, 0.1) is 17.3 Å². The number of nitriles is 1. The number of rotatable bonds is 2. The van der Waals surface area contributed by atoms with E-state index in [1.807, 2.05) is 12.1 Å². The minimum Gasteiger partial charge on any atom is -0.322 e. The fourth-order valence-electron chi connectivity index (χ4n) is 0.811. The Bertz CT molecular complexity index is 275. The maximum absolute atomic E-state index is 8.53. The first kappa shape index (κ1) is 7.58. The quantitative estimate of drug-likeness (QED) is 0.616. The average molecular weight is 147 g/mol. The summed E-state index contributed by atoms with van der Waals surface area (Å²) in [6.07, 6.45) is 0. The van der Waals surface area contributed by atoms with E-state index in [2.05, 4.69) is 16.9 Å². The number of hydrazine groups is 1. The largest absolute Gasteiger partial charge is 0.322 e. The molecule has 0 aliphatic heterocycles. The molecule has 2 N–H and O–H groups in total. The molecule has 0 amide bonds. The van der Waals surface area contributed by atoms with Gasteiger partial charge in [0.2, 0.25) is 0 Å². The molecular formula is C8H9N3. The molecule has 0 heterocycles. The molecule has 1 aromatic rings. The van der Waals surface area contributed by atoms with Crippen molar-refractivity contribution in [1.82, 2.24) is 5.43 Å². The molecule has 0 radical (unpaired) electrons. The van der Waals surface area contributed by atoms with E-state index >= 15 is 0 Å². The second kappa shape index (κ2) is 3.59. The predicted octanol–water partition coefficient (Wildman–Crippen LogP) is 1.10. The zero-order valence-corrected chi connectivity index (χ0v) is 6.26. The van der Waals surface area contributed by atoms with Crippen LogP contribution < -0.4 is 10.9 Å². The number of nitrogens with zero attached hydrogens (tertiary/aromatic N) is 1. The van der Waals surface area contributed by atoms with Gasteiger partial charge in [0, 0.05) is 7.05 Å². The van der Waals surface area contributed by atoms with Gasteiger partial charge in [0.25, 0.3) is 0 Å². The Morgan fingerprint density at radius 1 is 1.45 bits per heavy atom. The molecule has 0 aliphatic carbocycles. The van der Waals surface area contributed by atoms with E-state index in [9.17, 15) is 0 Å². The van der Waals surface area contributed by atoms with Gasteiger partial charge in [-0.05, 0) is 18.2 Å². The molecule has 1 aromatic carbocycles. The van der Waals surface area contributed by atoms with E-state index < -0.39 is 0 Å². The third-order valence-electron chi connectivity index (χ3n) is 1.26. The summed E-state index contributed by atoms with van der Waals surface area (Å²) in [4.78, 5) is 0. The fraction of sp³-hybridized carbons (Fsp3) is 0.125. The molecule has 3 heteroatoms. The summed E-state index contributed by atoms with van der Waals surface area (Å²) in [5.41, 5.74) is 7.21. The van der Waals surface area contributed by atoms with Gasteiger partial charge in [0.15, 0.2) is 0 Å². The summed E-state index contributed by atoms with van der Waals surface area (Å²) in [7, 11) is 1.78. The van der Waals surface area contributed by atoms with Crippen molar-refractivity contribution in [3.8, 4) is 6.07 Å². The Morgan fingerprint density at radius 3 is 2.91 bits per heavy atom. The summed E-state index contributed by atoms with van der Waals surface area (Å²) >= 11 is 0. The van der Waals surface area contributed by atoms with Crippen molar-refractivity contribution in [3.63, 3.8) is 0 Å². The van der Waals surface area contributed by atoms with Crippen LogP contribution in [0.2, 0.25) is 0 Å². The van der Waals surface area contributed by atoms with Crippen molar-refractivity contribution in [1.29, 1.82) is 5.26 Å². The zero-order chi connectivity index (χ0) is 8.10. The third-order valence-corrected chi connectivity index (χ3v) is 1.26. The van der Waals surface area contributed by atoms with Crippen molar-refractivity contribution in [2.45, 2.75) is 0 Å². The number of hydrogen-bond acceptors (Lipinski definition) is 3. The Kier molecular flexibility index (Phi) is 2.47. The molecule has 0 bridgehead atoms. The lowest BCUT2D eigenvalue weighted by molar-refractivity contribution is 0.984. The SMILES string of the molecule is CNNc1cccc(C#N)c1. The Hall–Kier alpha value is -1.53. The second-order valence-corrected chi connectivity index (χ2v) is 2.07. The molecule has 11 heavy (non-hydrogen) atoms. The van der Waals surface area contributed by atoms with Crippen LogP contribution in [0, 0.1) is 11.3 Å². The van der Waals surface area contributed by atoms with Crippen LogP contribution in [0.1, 0.15) is 5.56 Å². The van der Waals surface area contributed by atoms with E-state index in [1.165, 1.54) is 0 Å². The monoisotopic (exact) mass is 147 g/mol. The van der Waals surface area contributed by atoms with E-state index in [0.29, 0.717) is 5.56 Å². The molecule has 0 saturated heterocycles. The molecule has 0 aliphatic rings. The minimum atomic E-state index is 0.658. The number of hydrogen-bond donors (Lipinski definition) is 2. The summed E-state index contributed by atoms with van der Waals surface area (Å²) < 4.78 is 0. The van der Waals surface area contributed by atoms with Crippen LogP contribution in [0.4, 0.5) is 5.69 Å². The van der Waals surface area contributed by atoms with Crippen LogP contribution in [-0.4, -0.2) is 7.05 Å². The van der Waals surface area contributed by atoms with Crippen LogP contribution in [-0.2, 0) is 0 Å². The smallest absolute Gasteiger partial charge is 0.0992 e. The molecule has 1 rings (SSSR count). The predicted molar refractivity (Wildman–Crippen MR) is 43.8 cm³/mol. The van der Waals surface area contributed by atoms with Gasteiger partial charge < -0.3 is 5.43 Å². The molecule has 0 fully saturated rings. The summed E-state index contributed by atoms with van der Waals surface area (Å²) in [5, 5.41) is 8.53. The van der Waals surface area contributed by atoms with Crippen LogP contribution in [0.3, 0.4) is 0 Å². The fourth-order valence-corrected chi connectivity index (χ4v) is 0.811. The first-order valence-corrected chi connectivity index (χ1v) is 3.29. The maximum Gasteiger partial charge on any atom is 0.0992 e. The van der Waals surface area contributed by atoms with Crippen molar-refractivity contribution < 1.29 is 0 Å². The highest BCUT2D eigenvalue weighted by molar-refractivity contribution is 5.48. The van der Waals surface area contributed by atoms with Gasteiger partial charge >= 0.3 is 0 Å².